The van der Waals surface area contributed by atoms with Gasteiger partial charge in [0.15, 0.2) is 0 Å². The molecule has 3 heteroatoms. The Labute approximate surface area is 83.5 Å². The van der Waals surface area contributed by atoms with Crippen LogP contribution >= 0.6 is 11.6 Å². The van der Waals surface area contributed by atoms with Crippen molar-refractivity contribution in [3.05, 3.63) is 34.9 Å². The molecular weight excluding hydrogens is 186 g/mol. The van der Waals surface area contributed by atoms with E-state index in [2.05, 4.69) is 5.32 Å². The minimum absolute atomic E-state index is 0.447. The summed E-state index contributed by atoms with van der Waals surface area (Å²) in [6.07, 6.45) is -0.447. The van der Waals surface area contributed by atoms with E-state index in [1.54, 1.807) is 12.1 Å². The first-order valence-electron chi connectivity index (χ1n) is 4.38. The summed E-state index contributed by atoms with van der Waals surface area (Å²) in [6, 6.07) is 7.24. The van der Waals surface area contributed by atoms with Gasteiger partial charge < -0.3 is 10.4 Å². The van der Waals surface area contributed by atoms with Gasteiger partial charge >= 0.3 is 0 Å². The lowest BCUT2D eigenvalue weighted by atomic mass is 10.1. The van der Waals surface area contributed by atoms with E-state index in [0.717, 1.165) is 12.1 Å². The Kier molecular flexibility index (Phi) is 4.22. The van der Waals surface area contributed by atoms with E-state index in [1.165, 1.54) is 0 Å². The Morgan fingerprint density at radius 2 is 2.00 bits per heavy atom. The number of aliphatic hydroxyl groups is 1. The van der Waals surface area contributed by atoms with E-state index in [9.17, 15) is 5.11 Å². The fraction of sp³-hybridized carbons (Fsp3) is 0.400. The highest BCUT2D eigenvalue weighted by Gasteiger charge is 2.05. The second-order valence-electron chi connectivity index (χ2n) is 2.88. The molecule has 1 aromatic rings. The fourth-order valence-corrected chi connectivity index (χ4v) is 1.21. The highest BCUT2D eigenvalue weighted by atomic mass is 35.5. The second-order valence-corrected chi connectivity index (χ2v) is 3.31. The third-order valence-corrected chi connectivity index (χ3v) is 2.09. The molecule has 0 saturated carbocycles. The molecular formula is C10H14ClNO. The molecule has 0 saturated heterocycles. The van der Waals surface area contributed by atoms with Crippen LogP contribution in [-0.4, -0.2) is 18.2 Å². The van der Waals surface area contributed by atoms with Gasteiger partial charge in [0.05, 0.1) is 6.10 Å². The number of halogens is 1. The van der Waals surface area contributed by atoms with E-state index < -0.39 is 6.10 Å². The van der Waals surface area contributed by atoms with Gasteiger partial charge in [-0.3, -0.25) is 0 Å². The zero-order valence-electron chi connectivity index (χ0n) is 7.63. The summed E-state index contributed by atoms with van der Waals surface area (Å²) in [5, 5.41) is 13.4. The summed E-state index contributed by atoms with van der Waals surface area (Å²) in [5.41, 5.74) is 0.894. The maximum absolute atomic E-state index is 9.64. The zero-order valence-corrected chi connectivity index (χ0v) is 8.38. The van der Waals surface area contributed by atoms with Crippen molar-refractivity contribution < 1.29 is 5.11 Å². The Morgan fingerprint density at radius 3 is 2.54 bits per heavy atom. The number of hydrogen-bond acceptors (Lipinski definition) is 2. The first-order chi connectivity index (χ1) is 6.24. The van der Waals surface area contributed by atoms with Crippen LogP contribution in [0.5, 0.6) is 0 Å². The summed E-state index contributed by atoms with van der Waals surface area (Å²) in [5.74, 6) is 0. The number of rotatable bonds is 4. The van der Waals surface area contributed by atoms with Gasteiger partial charge in [-0.1, -0.05) is 30.7 Å². The predicted octanol–water partition coefficient (Wildman–Crippen LogP) is 1.98. The van der Waals surface area contributed by atoms with Crippen molar-refractivity contribution in [3.63, 3.8) is 0 Å². The van der Waals surface area contributed by atoms with Gasteiger partial charge in [0.1, 0.15) is 0 Å². The molecule has 0 amide bonds. The van der Waals surface area contributed by atoms with Crippen LogP contribution in [0, 0.1) is 0 Å². The van der Waals surface area contributed by atoms with E-state index in [-0.39, 0.29) is 0 Å². The molecule has 0 unspecified atom stereocenters. The van der Waals surface area contributed by atoms with Crippen molar-refractivity contribution in [1.82, 2.24) is 5.32 Å². The van der Waals surface area contributed by atoms with Crippen LogP contribution in [0.4, 0.5) is 0 Å². The highest BCUT2D eigenvalue weighted by molar-refractivity contribution is 6.30. The molecule has 1 atom stereocenters. The first kappa shape index (κ1) is 10.5. The van der Waals surface area contributed by atoms with Crippen LogP contribution in [0.2, 0.25) is 5.02 Å². The van der Waals surface area contributed by atoms with Crippen molar-refractivity contribution in [2.75, 3.05) is 13.1 Å². The number of hydrogen-bond donors (Lipinski definition) is 2. The molecule has 0 aliphatic heterocycles. The van der Waals surface area contributed by atoms with Crippen molar-refractivity contribution >= 4 is 11.6 Å². The van der Waals surface area contributed by atoms with Gasteiger partial charge in [0.25, 0.3) is 0 Å². The molecule has 1 rings (SSSR count). The lowest BCUT2D eigenvalue weighted by Crippen LogP contribution is -2.20. The Morgan fingerprint density at radius 1 is 1.38 bits per heavy atom. The van der Waals surface area contributed by atoms with Gasteiger partial charge in [-0.15, -0.1) is 0 Å². The van der Waals surface area contributed by atoms with Crippen molar-refractivity contribution in [2.45, 2.75) is 13.0 Å². The number of aliphatic hydroxyl groups excluding tert-OH is 1. The lowest BCUT2D eigenvalue weighted by molar-refractivity contribution is 0.175. The molecule has 72 valence electrons. The molecule has 1 aromatic carbocycles. The summed E-state index contributed by atoms with van der Waals surface area (Å²) >= 11 is 5.72. The molecule has 0 fully saturated rings. The SMILES string of the molecule is CCNC[C@H](O)c1ccc(Cl)cc1. The molecule has 0 aliphatic carbocycles. The first-order valence-corrected chi connectivity index (χ1v) is 4.76. The largest absolute Gasteiger partial charge is 0.387 e. The molecule has 0 radical (unpaired) electrons. The summed E-state index contributed by atoms with van der Waals surface area (Å²) < 4.78 is 0. The van der Waals surface area contributed by atoms with Crippen LogP contribution in [0.15, 0.2) is 24.3 Å². The fourth-order valence-electron chi connectivity index (χ4n) is 1.08. The Balaban J connectivity index is 2.55. The minimum Gasteiger partial charge on any atom is -0.387 e. The molecule has 0 heterocycles. The molecule has 0 spiro atoms. The molecule has 0 bridgehead atoms. The van der Waals surface area contributed by atoms with Crippen LogP contribution < -0.4 is 5.32 Å². The molecule has 2 nitrogen and oxygen atoms in total. The molecule has 2 N–H and O–H groups in total. The van der Waals surface area contributed by atoms with Gasteiger partial charge in [-0.05, 0) is 24.2 Å². The predicted molar refractivity (Wildman–Crippen MR) is 55.0 cm³/mol. The van der Waals surface area contributed by atoms with Crippen LogP contribution in [0.25, 0.3) is 0 Å². The van der Waals surface area contributed by atoms with Crippen molar-refractivity contribution in [3.8, 4) is 0 Å². The average Bonchev–Trinajstić information content (AvgIpc) is 2.15. The van der Waals surface area contributed by atoms with Crippen molar-refractivity contribution in [2.24, 2.45) is 0 Å². The Hall–Kier alpha value is -0.570. The Bertz CT molecular complexity index is 248. The van der Waals surface area contributed by atoms with Crippen LogP contribution in [-0.2, 0) is 0 Å². The van der Waals surface area contributed by atoms with Gasteiger partial charge in [-0.2, -0.15) is 0 Å². The third-order valence-electron chi connectivity index (χ3n) is 1.84. The standard InChI is InChI=1S/C10H14ClNO/c1-2-12-7-10(13)8-3-5-9(11)6-4-8/h3-6,10,12-13H,2,7H2,1H3/t10-/m0/s1. The van der Waals surface area contributed by atoms with Crippen LogP contribution in [0.1, 0.15) is 18.6 Å². The monoisotopic (exact) mass is 199 g/mol. The molecule has 13 heavy (non-hydrogen) atoms. The topological polar surface area (TPSA) is 32.3 Å². The van der Waals surface area contributed by atoms with E-state index in [4.69, 9.17) is 11.6 Å². The van der Waals surface area contributed by atoms with Gasteiger partial charge in [0, 0.05) is 11.6 Å². The number of benzene rings is 1. The zero-order chi connectivity index (χ0) is 9.68. The minimum atomic E-state index is -0.447. The normalized spacial score (nSPS) is 12.8. The second kappa shape index (κ2) is 5.22. The number of likely N-dealkylation sites (N-methyl/N-ethyl adjacent to an activating group) is 1. The van der Waals surface area contributed by atoms with E-state index in [0.29, 0.717) is 11.6 Å². The van der Waals surface area contributed by atoms with Gasteiger partial charge in [0.2, 0.25) is 0 Å². The summed E-state index contributed by atoms with van der Waals surface area (Å²) in [4.78, 5) is 0. The quantitative estimate of drug-likeness (QED) is 0.778. The van der Waals surface area contributed by atoms with E-state index >= 15 is 0 Å². The molecule has 0 aliphatic rings. The summed E-state index contributed by atoms with van der Waals surface area (Å²) in [7, 11) is 0. The lowest BCUT2D eigenvalue weighted by Gasteiger charge is -2.10. The summed E-state index contributed by atoms with van der Waals surface area (Å²) in [6.45, 7) is 3.46. The number of nitrogens with one attached hydrogen (secondary N) is 1. The molecule has 0 aromatic heterocycles. The van der Waals surface area contributed by atoms with E-state index in [1.807, 2.05) is 19.1 Å². The maximum Gasteiger partial charge on any atom is 0.0914 e. The highest BCUT2D eigenvalue weighted by Crippen LogP contribution is 2.15. The smallest absolute Gasteiger partial charge is 0.0914 e. The maximum atomic E-state index is 9.64. The van der Waals surface area contributed by atoms with Crippen LogP contribution in [0.3, 0.4) is 0 Å². The average molecular weight is 200 g/mol. The van der Waals surface area contributed by atoms with Crippen molar-refractivity contribution in [1.29, 1.82) is 0 Å². The van der Waals surface area contributed by atoms with Gasteiger partial charge in [-0.25, -0.2) is 0 Å². The third kappa shape index (κ3) is 3.35.